The Bertz CT molecular complexity index is 800. The summed E-state index contributed by atoms with van der Waals surface area (Å²) in [7, 11) is 1.41. The van der Waals surface area contributed by atoms with E-state index < -0.39 is 0 Å². The quantitative estimate of drug-likeness (QED) is 0.872. The maximum atomic E-state index is 11.7. The Morgan fingerprint density at radius 3 is 3.04 bits per heavy atom. The number of ether oxygens (including phenoxy) is 1. The first-order valence-electron chi connectivity index (χ1n) is 7.45. The van der Waals surface area contributed by atoms with Crippen LogP contribution >= 0.6 is 11.6 Å². The molecule has 0 aliphatic heterocycles. The molecular weight excluding hydrogens is 314 g/mol. The number of nitrogens with one attached hydrogen (secondary N) is 1. The van der Waals surface area contributed by atoms with Gasteiger partial charge in [-0.05, 0) is 37.5 Å². The first-order chi connectivity index (χ1) is 11.1. The maximum absolute atomic E-state index is 11.7. The standard InChI is InChI=1S/C17H16ClN3O2/c1-23-17(22)10-2-4-13(6-10)21-16-11(8-19)9-20-15-5-3-12(18)7-14(15)16/h3,5,7,9-10,13H,2,4,6H2,1H3,(H,20,21)/t10-,13+/m0/s1. The SMILES string of the molecule is COC(=O)[C@H]1CC[C@@H](Nc2c(C#N)cnc3ccc(Cl)cc23)C1. The summed E-state index contributed by atoms with van der Waals surface area (Å²) in [6.45, 7) is 0. The third-order valence-electron chi connectivity index (χ3n) is 4.27. The fraction of sp³-hybridized carbons (Fsp3) is 0.353. The van der Waals surface area contributed by atoms with E-state index in [-0.39, 0.29) is 17.9 Å². The lowest BCUT2D eigenvalue weighted by Crippen LogP contribution is -2.19. The number of esters is 1. The molecule has 0 amide bonds. The summed E-state index contributed by atoms with van der Waals surface area (Å²) in [5, 5.41) is 14.2. The van der Waals surface area contributed by atoms with Gasteiger partial charge in [-0.1, -0.05) is 11.6 Å². The van der Waals surface area contributed by atoms with E-state index in [0.29, 0.717) is 17.0 Å². The van der Waals surface area contributed by atoms with Crippen molar-refractivity contribution >= 4 is 34.2 Å². The molecule has 1 aromatic carbocycles. The Morgan fingerprint density at radius 2 is 2.30 bits per heavy atom. The molecule has 2 atom stereocenters. The van der Waals surface area contributed by atoms with Crippen LogP contribution in [0.4, 0.5) is 5.69 Å². The summed E-state index contributed by atoms with van der Waals surface area (Å²) >= 11 is 6.09. The smallest absolute Gasteiger partial charge is 0.308 e. The number of nitriles is 1. The minimum Gasteiger partial charge on any atom is -0.469 e. The summed E-state index contributed by atoms with van der Waals surface area (Å²) < 4.78 is 4.82. The van der Waals surface area contributed by atoms with Crippen molar-refractivity contribution in [3.8, 4) is 6.07 Å². The van der Waals surface area contributed by atoms with Gasteiger partial charge in [-0.3, -0.25) is 9.78 Å². The Kier molecular flexibility index (Phi) is 4.35. The molecule has 5 nitrogen and oxygen atoms in total. The number of hydrogen-bond donors (Lipinski definition) is 1. The van der Waals surface area contributed by atoms with Crippen LogP contribution in [0.1, 0.15) is 24.8 Å². The van der Waals surface area contributed by atoms with E-state index in [2.05, 4.69) is 16.4 Å². The molecule has 0 saturated heterocycles. The van der Waals surface area contributed by atoms with Crippen LogP contribution in [-0.2, 0) is 9.53 Å². The van der Waals surface area contributed by atoms with Gasteiger partial charge >= 0.3 is 5.97 Å². The van der Waals surface area contributed by atoms with E-state index in [0.717, 1.165) is 29.4 Å². The highest BCUT2D eigenvalue weighted by Gasteiger charge is 2.31. The number of rotatable bonds is 3. The fourth-order valence-corrected chi connectivity index (χ4v) is 3.27. The predicted octanol–water partition coefficient (Wildman–Crippen LogP) is 3.51. The molecule has 1 N–H and O–H groups in total. The number of aromatic nitrogens is 1. The van der Waals surface area contributed by atoms with E-state index in [9.17, 15) is 10.1 Å². The number of methoxy groups -OCH3 is 1. The van der Waals surface area contributed by atoms with Crippen LogP contribution in [0.25, 0.3) is 10.9 Å². The Balaban J connectivity index is 1.92. The lowest BCUT2D eigenvalue weighted by molar-refractivity contribution is -0.145. The number of fused-ring (bicyclic) bond motifs is 1. The molecule has 0 spiro atoms. The van der Waals surface area contributed by atoms with E-state index in [4.69, 9.17) is 16.3 Å². The van der Waals surface area contributed by atoms with Crippen LogP contribution in [-0.4, -0.2) is 24.1 Å². The zero-order valence-corrected chi connectivity index (χ0v) is 13.4. The molecule has 3 rings (SSSR count). The van der Waals surface area contributed by atoms with Crippen LogP contribution in [0.15, 0.2) is 24.4 Å². The molecule has 2 aromatic rings. The van der Waals surface area contributed by atoms with Crippen LogP contribution in [0, 0.1) is 17.2 Å². The van der Waals surface area contributed by atoms with Crippen molar-refractivity contribution in [1.82, 2.24) is 4.98 Å². The number of pyridine rings is 1. The molecule has 1 saturated carbocycles. The van der Waals surface area contributed by atoms with E-state index in [1.807, 2.05) is 6.07 Å². The molecule has 1 aliphatic rings. The topological polar surface area (TPSA) is 75.0 Å². The minimum absolute atomic E-state index is 0.0836. The molecule has 0 bridgehead atoms. The summed E-state index contributed by atoms with van der Waals surface area (Å²) in [4.78, 5) is 16.0. The van der Waals surface area contributed by atoms with Gasteiger partial charge in [0.25, 0.3) is 0 Å². The van der Waals surface area contributed by atoms with Gasteiger partial charge in [0, 0.05) is 22.6 Å². The van der Waals surface area contributed by atoms with Gasteiger partial charge in [0.2, 0.25) is 0 Å². The van der Waals surface area contributed by atoms with Gasteiger partial charge in [-0.15, -0.1) is 0 Å². The second-order valence-electron chi connectivity index (χ2n) is 5.69. The molecule has 0 radical (unpaired) electrons. The van der Waals surface area contributed by atoms with Crippen molar-refractivity contribution in [2.45, 2.75) is 25.3 Å². The second-order valence-corrected chi connectivity index (χ2v) is 6.13. The highest BCUT2D eigenvalue weighted by molar-refractivity contribution is 6.31. The highest BCUT2D eigenvalue weighted by atomic mass is 35.5. The van der Waals surface area contributed by atoms with E-state index >= 15 is 0 Å². The molecule has 6 heteroatoms. The fourth-order valence-electron chi connectivity index (χ4n) is 3.10. The number of carbonyl (C=O) groups excluding carboxylic acids is 1. The lowest BCUT2D eigenvalue weighted by atomic mass is 10.1. The van der Waals surface area contributed by atoms with E-state index in [1.165, 1.54) is 7.11 Å². The van der Waals surface area contributed by atoms with Crippen LogP contribution < -0.4 is 5.32 Å². The Labute approximate surface area is 139 Å². The first-order valence-corrected chi connectivity index (χ1v) is 7.83. The number of carbonyl (C=O) groups is 1. The Morgan fingerprint density at radius 1 is 1.48 bits per heavy atom. The monoisotopic (exact) mass is 329 g/mol. The third-order valence-corrected chi connectivity index (χ3v) is 4.50. The van der Waals surface area contributed by atoms with Crippen molar-refractivity contribution < 1.29 is 9.53 Å². The lowest BCUT2D eigenvalue weighted by Gasteiger charge is -2.17. The maximum Gasteiger partial charge on any atom is 0.308 e. The van der Waals surface area contributed by atoms with Crippen molar-refractivity contribution in [2.24, 2.45) is 5.92 Å². The van der Waals surface area contributed by atoms with Crippen molar-refractivity contribution in [3.05, 3.63) is 35.0 Å². The van der Waals surface area contributed by atoms with Crippen LogP contribution in [0.2, 0.25) is 5.02 Å². The Hall–Kier alpha value is -2.32. The molecule has 1 aliphatic carbocycles. The number of halogens is 1. The second kappa shape index (κ2) is 6.43. The summed E-state index contributed by atoms with van der Waals surface area (Å²) in [6.07, 6.45) is 3.90. The number of hydrogen-bond acceptors (Lipinski definition) is 5. The van der Waals surface area contributed by atoms with Crippen molar-refractivity contribution in [2.75, 3.05) is 12.4 Å². The van der Waals surface area contributed by atoms with Gasteiger partial charge in [0.1, 0.15) is 6.07 Å². The summed E-state index contributed by atoms with van der Waals surface area (Å²) in [5.74, 6) is -0.253. The molecule has 118 valence electrons. The van der Waals surface area contributed by atoms with Gasteiger partial charge in [0.15, 0.2) is 0 Å². The number of nitrogens with zero attached hydrogens (tertiary/aromatic N) is 2. The first kappa shape index (κ1) is 15.6. The van der Waals surface area contributed by atoms with Crippen LogP contribution in [0.3, 0.4) is 0 Å². The van der Waals surface area contributed by atoms with Gasteiger partial charge < -0.3 is 10.1 Å². The molecular formula is C17H16ClN3O2. The highest BCUT2D eigenvalue weighted by Crippen LogP contribution is 2.33. The van der Waals surface area contributed by atoms with Crippen molar-refractivity contribution in [1.29, 1.82) is 5.26 Å². The normalized spacial score (nSPS) is 20.2. The zero-order valence-electron chi connectivity index (χ0n) is 12.7. The molecule has 0 unspecified atom stereocenters. The summed E-state index contributed by atoms with van der Waals surface area (Å²) in [6, 6.07) is 7.70. The minimum atomic E-state index is -0.169. The largest absolute Gasteiger partial charge is 0.469 e. The van der Waals surface area contributed by atoms with E-state index in [1.54, 1.807) is 18.3 Å². The molecule has 1 fully saturated rings. The van der Waals surface area contributed by atoms with Crippen molar-refractivity contribution in [3.63, 3.8) is 0 Å². The molecule has 23 heavy (non-hydrogen) atoms. The molecule has 1 aromatic heterocycles. The van der Waals surface area contributed by atoms with Gasteiger partial charge in [0.05, 0.1) is 29.8 Å². The predicted molar refractivity (Wildman–Crippen MR) is 88.2 cm³/mol. The zero-order chi connectivity index (χ0) is 16.4. The number of benzene rings is 1. The van der Waals surface area contributed by atoms with Gasteiger partial charge in [-0.25, -0.2) is 0 Å². The average Bonchev–Trinajstić information content (AvgIpc) is 3.03. The average molecular weight is 330 g/mol. The third kappa shape index (κ3) is 3.08. The summed E-state index contributed by atoms with van der Waals surface area (Å²) in [5.41, 5.74) is 1.98. The van der Waals surface area contributed by atoms with Crippen LogP contribution in [0.5, 0.6) is 0 Å². The number of anilines is 1. The molecule has 1 heterocycles. The van der Waals surface area contributed by atoms with Gasteiger partial charge in [-0.2, -0.15) is 5.26 Å².